The van der Waals surface area contributed by atoms with Crippen molar-refractivity contribution in [2.24, 2.45) is 5.92 Å². The van der Waals surface area contributed by atoms with E-state index in [4.69, 9.17) is 5.26 Å². The third-order valence-corrected chi connectivity index (χ3v) is 4.08. The van der Waals surface area contributed by atoms with Crippen LogP contribution in [0.25, 0.3) is 5.69 Å². The average Bonchev–Trinajstić information content (AvgIpc) is 2.89. The first-order valence-corrected chi connectivity index (χ1v) is 7.23. The van der Waals surface area contributed by atoms with E-state index >= 15 is 0 Å². The minimum atomic E-state index is 0.351. The van der Waals surface area contributed by atoms with E-state index in [2.05, 4.69) is 27.1 Å². The topological polar surface area (TPSA) is 70.6 Å². The SMILES string of the molecule is Cc1c(C#N)nnn1-c1ccc(N2CCC(C)CC2)nc1. The molecule has 1 saturated heterocycles. The Morgan fingerprint density at radius 1 is 1.29 bits per heavy atom. The van der Waals surface area contributed by atoms with Crippen LogP contribution in [0.2, 0.25) is 0 Å². The highest BCUT2D eigenvalue weighted by atomic mass is 15.4. The Hall–Kier alpha value is -2.42. The van der Waals surface area contributed by atoms with Gasteiger partial charge in [0.1, 0.15) is 11.9 Å². The van der Waals surface area contributed by atoms with Crippen LogP contribution in [0.15, 0.2) is 18.3 Å². The zero-order chi connectivity index (χ0) is 14.8. The Morgan fingerprint density at radius 3 is 2.62 bits per heavy atom. The lowest BCUT2D eigenvalue weighted by molar-refractivity contribution is 0.436. The van der Waals surface area contributed by atoms with Gasteiger partial charge in [0.15, 0.2) is 5.69 Å². The van der Waals surface area contributed by atoms with Gasteiger partial charge in [-0.2, -0.15) is 5.26 Å². The Labute approximate surface area is 124 Å². The van der Waals surface area contributed by atoms with Gasteiger partial charge in [0.25, 0.3) is 0 Å². The summed E-state index contributed by atoms with van der Waals surface area (Å²) in [6, 6.07) is 6.02. The Kier molecular flexibility index (Phi) is 3.57. The smallest absolute Gasteiger partial charge is 0.186 e. The molecule has 1 aliphatic heterocycles. The van der Waals surface area contributed by atoms with Crippen LogP contribution in [0.5, 0.6) is 0 Å². The molecule has 21 heavy (non-hydrogen) atoms. The molecule has 0 aliphatic carbocycles. The Bertz CT molecular complexity index is 658. The molecular weight excluding hydrogens is 264 g/mol. The highest BCUT2D eigenvalue weighted by molar-refractivity contribution is 5.44. The first-order valence-electron chi connectivity index (χ1n) is 7.23. The summed E-state index contributed by atoms with van der Waals surface area (Å²) in [5.74, 6) is 1.81. The normalized spacial score (nSPS) is 16.0. The molecule has 6 heteroatoms. The number of anilines is 1. The molecule has 0 aromatic carbocycles. The first-order chi connectivity index (χ1) is 10.2. The van der Waals surface area contributed by atoms with Gasteiger partial charge >= 0.3 is 0 Å². The summed E-state index contributed by atoms with van der Waals surface area (Å²) in [7, 11) is 0. The number of rotatable bonds is 2. The number of aromatic nitrogens is 4. The standard InChI is InChI=1S/C15H18N6/c1-11-5-7-20(8-6-11)15-4-3-13(10-17-15)21-12(2)14(9-16)18-19-21/h3-4,10-11H,5-8H2,1-2H3. The number of piperidine rings is 1. The van der Waals surface area contributed by atoms with Crippen molar-refractivity contribution in [3.05, 3.63) is 29.7 Å². The molecule has 0 saturated carbocycles. The molecule has 2 aromatic rings. The maximum atomic E-state index is 8.93. The van der Waals surface area contributed by atoms with Crippen molar-refractivity contribution in [3.63, 3.8) is 0 Å². The molecule has 3 heterocycles. The van der Waals surface area contributed by atoms with E-state index in [1.807, 2.05) is 25.1 Å². The Balaban J connectivity index is 1.81. The summed E-state index contributed by atoms with van der Waals surface area (Å²) in [5, 5.41) is 16.8. The van der Waals surface area contributed by atoms with Crippen LogP contribution < -0.4 is 4.90 Å². The second-order valence-corrected chi connectivity index (χ2v) is 5.59. The van der Waals surface area contributed by atoms with Crippen molar-refractivity contribution in [2.75, 3.05) is 18.0 Å². The van der Waals surface area contributed by atoms with Gasteiger partial charge in [0.2, 0.25) is 0 Å². The molecule has 0 unspecified atom stereocenters. The fourth-order valence-corrected chi connectivity index (χ4v) is 2.61. The molecular formula is C15H18N6. The van der Waals surface area contributed by atoms with Crippen molar-refractivity contribution >= 4 is 5.82 Å². The summed E-state index contributed by atoms with van der Waals surface area (Å²) in [4.78, 5) is 6.85. The molecule has 6 nitrogen and oxygen atoms in total. The predicted octanol–water partition coefficient (Wildman–Crippen LogP) is 2.08. The Morgan fingerprint density at radius 2 is 2.05 bits per heavy atom. The lowest BCUT2D eigenvalue weighted by Gasteiger charge is -2.31. The van der Waals surface area contributed by atoms with Gasteiger partial charge in [-0.05, 0) is 37.8 Å². The van der Waals surface area contributed by atoms with Crippen LogP contribution in [-0.2, 0) is 0 Å². The molecule has 0 atom stereocenters. The van der Waals surface area contributed by atoms with Gasteiger partial charge in [-0.25, -0.2) is 9.67 Å². The quantitative estimate of drug-likeness (QED) is 0.843. The summed E-state index contributed by atoms with van der Waals surface area (Å²) in [6.45, 7) is 6.26. The van der Waals surface area contributed by atoms with Crippen molar-refractivity contribution in [1.82, 2.24) is 20.0 Å². The molecule has 108 valence electrons. The maximum Gasteiger partial charge on any atom is 0.186 e. The average molecular weight is 282 g/mol. The molecule has 0 spiro atoms. The van der Waals surface area contributed by atoms with Crippen LogP contribution in [0.3, 0.4) is 0 Å². The largest absolute Gasteiger partial charge is 0.357 e. The monoisotopic (exact) mass is 282 g/mol. The molecule has 0 amide bonds. The zero-order valence-electron chi connectivity index (χ0n) is 12.3. The lowest BCUT2D eigenvalue weighted by atomic mass is 9.99. The molecule has 1 fully saturated rings. The second kappa shape index (κ2) is 5.52. The van der Waals surface area contributed by atoms with Crippen LogP contribution in [0.4, 0.5) is 5.82 Å². The van der Waals surface area contributed by atoms with Gasteiger partial charge in [-0.3, -0.25) is 0 Å². The van der Waals surface area contributed by atoms with E-state index in [9.17, 15) is 0 Å². The number of hydrogen-bond acceptors (Lipinski definition) is 5. The van der Waals surface area contributed by atoms with E-state index in [-0.39, 0.29) is 0 Å². The predicted molar refractivity (Wildman–Crippen MR) is 79.2 cm³/mol. The summed E-state index contributed by atoms with van der Waals surface area (Å²) >= 11 is 0. The van der Waals surface area contributed by atoms with Crippen LogP contribution in [0.1, 0.15) is 31.2 Å². The second-order valence-electron chi connectivity index (χ2n) is 5.59. The zero-order valence-corrected chi connectivity index (χ0v) is 12.3. The number of hydrogen-bond donors (Lipinski definition) is 0. The minimum absolute atomic E-state index is 0.351. The molecule has 0 bridgehead atoms. The van der Waals surface area contributed by atoms with Crippen molar-refractivity contribution in [1.29, 1.82) is 5.26 Å². The minimum Gasteiger partial charge on any atom is -0.357 e. The van der Waals surface area contributed by atoms with Gasteiger partial charge in [-0.15, -0.1) is 5.10 Å². The molecule has 2 aromatic heterocycles. The van der Waals surface area contributed by atoms with Crippen LogP contribution in [-0.4, -0.2) is 33.1 Å². The highest BCUT2D eigenvalue weighted by Crippen LogP contribution is 2.22. The fourth-order valence-electron chi connectivity index (χ4n) is 2.61. The third-order valence-electron chi connectivity index (χ3n) is 4.08. The van der Waals surface area contributed by atoms with Crippen LogP contribution >= 0.6 is 0 Å². The molecule has 1 aliphatic rings. The number of nitrogens with zero attached hydrogens (tertiary/aromatic N) is 6. The summed E-state index contributed by atoms with van der Waals surface area (Å²) < 4.78 is 1.65. The van der Waals surface area contributed by atoms with Gasteiger partial charge < -0.3 is 4.90 Å². The van der Waals surface area contributed by atoms with Crippen molar-refractivity contribution in [3.8, 4) is 11.8 Å². The number of pyridine rings is 1. The van der Waals surface area contributed by atoms with Crippen LogP contribution in [0, 0.1) is 24.2 Å². The van der Waals surface area contributed by atoms with E-state index in [0.717, 1.165) is 36.2 Å². The summed E-state index contributed by atoms with van der Waals surface area (Å²) in [5.41, 5.74) is 1.92. The number of nitriles is 1. The van der Waals surface area contributed by atoms with Gasteiger partial charge in [0.05, 0.1) is 17.6 Å². The van der Waals surface area contributed by atoms with Crippen molar-refractivity contribution in [2.45, 2.75) is 26.7 Å². The van der Waals surface area contributed by atoms with E-state index in [1.54, 1.807) is 10.9 Å². The summed E-state index contributed by atoms with van der Waals surface area (Å²) in [6.07, 6.45) is 4.23. The van der Waals surface area contributed by atoms with E-state index in [1.165, 1.54) is 12.8 Å². The first kappa shape index (κ1) is 13.6. The molecule has 0 N–H and O–H groups in total. The van der Waals surface area contributed by atoms with Crippen molar-refractivity contribution < 1.29 is 0 Å². The third kappa shape index (κ3) is 2.59. The molecule has 3 rings (SSSR count). The van der Waals surface area contributed by atoms with Gasteiger partial charge in [-0.1, -0.05) is 12.1 Å². The van der Waals surface area contributed by atoms with E-state index < -0.39 is 0 Å². The maximum absolute atomic E-state index is 8.93. The van der Waals surface area contributed by atoms with Gasteiger partial charge in [0, 0.05) is 13.1 Å². The highest BCUT2D eigenvalue weighted by Gasteiger charge is 2.17. The molecule has 0 radical (unpaired) electrons. The van der Waals surface area contributed by atoms with E-state index in [0.29, 0.717) is 5.69 Å². The lowest BCUT2D eigenvalue weighted by Crippen LogP contribution is -2.33. The fraction of sp³-hybridized carbons (Fsp3) is 0.467.